The van der Waals surface area contributed by atoms with Crippen LogP contribution < -0.4 is 0 Å². The van der Waals surface area contributed by atoms with Crippen molar-refractivity contribution in [3.05, 3.63) is 0 Å². The zero-order valence-corrected chi connectivity index (χ0v) is 6.44. The molecule has 0 rings (SSSR count). The van der Waals surface area contributed by atoms with E-state index in [9.17, 15) is 9.59 Å². The summed E-state index contributed by atoms with van der Waals surface area (Å²) in [7, 11) is 1.45. The molecule has 0 aliphatic carbocycles. The number of hydrogen-bond acceptors (Lipinski definition) is 3. The molecule has 2 N–H and O–H groups in total. The molecule has 0 aromatic rings. The van der Waals surface area contributed by atoms with Gasteiger partial charge in [0.15, 0.2) is 0 Å². The Morgan fingerprint density at radius 3 is 1.92 bits per heavy atom. The second-order valence-electron chi connectivity index (χ2n) is 2.32. The summed E-state index contributed by atoms with van der Waals surface area (Å²) in [5.41, 5.74) is 0. The van der Waals surface area contributed by atoms with Crippen molar-refractivity contribution in [3.8, 4) is 0 Å². The van der Waals surface area contributed by atoms with Gasteiger partial charge in [-0.3, -0.25) is 14.5 Å². The van der Waals surface area contributed by atoms with Gasteiger partial charge in [-0.25, -0.2) is 0 Å². The molecule has 0 saturated heterocycles. The first-order valence-corrected chi connectivity index (χ1v) is 3.10. The topological polar surface area (TPSA) is 77.8 Å². The van der Waals surface area contributed by atoms with Crippen LogP contribution in [0.4, 0.5) is 0 Å². The maximum atomic E-state index is 10.3. The molecule has 0 aliphatic heterocycles. The third-order valence-electron chi connectivity index (χ3n) is 1.40. The maximum absolute atomic E-state index is 10.3. The first-order valence-electron chi connectivity index (χ1n) is 3.10. The molecule has 0 fully saturated rings. The third kappa shape index (κ3) is 9.21. The zero-order valence-electron chi connectivity index (χ0n) is 6.44. The molecular weight excluding hydrogens is 196 g/mol. The summed E-state index contributed by atoms with van der Waals surface area (Å²) in [6, 6.07) is -0.758. The summed E-state index contributed by atoms with van der Waals surface area (Å²) in [6.07, 6.45) is 0. The Hall–Kier alpha value is 0.900. The number of carbonyl (C=O) groups is 2. The molecule has 0 aliphatic rings. The van der Waals surface area contributed by atoms with Gasteiger partial charge in [0.05, 0.1) is 6.54 Å². The van der Waals surface area contributed by atoms with Crippen molar-refractivity contribution in [2.24, 2.45) is 0 Å². The van der Waals surface area contributed by atoms with Gasteiger partial charge in [-0.1, -0.05) is 0 Å². The average Bonchev–Trinajstić information content (AvgIpc) is 1.84. The number of hydrogen-bond donors (Lipinski definition) is 2. The molecule has 0 amide bonds. The molecule has 0 radical (unpaired) electrons. The van der Waals surface area contributed by atoms with Crippen LogP contribution in [-0.2, 0) is 9.59 Å². The zero-order chi connectivity index (χ0) is 9.02. The summed E-state index contributed by atoms with van der Waals surface area (Å²) in [5.74, 6) is -2.05. The van der Waals surface area contributed by atoms with Gasteiger partial charge >= 0.3 is 71.1 Å². The number of carboxylic acids is 2. The molecule has 0 heterocycles. The third-order valence-corrected chi connectivity index (χ3v) is 1.40. The average molecular weight is 209 g/mol. The summed E-state index contributed by atoms with van der Waals surface area (Å²) >= 11 is 0. The van der Waals surface area contributed by atoms with E-state index in [4.69, 9.17) is 10.2 Å². The number of rotatable bonds is 4. The number of aliphatic carboxylic acids is 2. The molecule has 5 nitrogen and oxygen atoms in total. The monoisotopic (exact) mass is 209 g/mol. The van der Waals surface area contributed by atoms with Gasteiger partial charge in [-0.05, 0) is 14.0 Å². The van der Waals surface area contributed by atoms with E-state index in [1.165, 1.54) is 18.9 Å². The van der Waals surface area contributed by atoms with Crippen LogP contribution in [0, 0.1) is 0 Å². The molecule has 0 saturated carbocycles. The van der Waals surface area contributed by atoms with E-state index in [2.05, 4.69) is 0 Å². The van der Waals surface area contributed by atoms with Crippen molar-refractivity contribution in [2.75, 3.05) is 13.6 Å². The van der Waals surface area contributed by atoms with Gasteiger partial charge in [0, 0.05) is 0 Å². The van der Waals surface area contributed by atoms with Crippen LogP contribution in [0.1, 0.15) is 6.92 Å². The number of nitrogens with zero attached hydrogens (tertiary/aromatic N) is 1. The van der Waals surface area contributed by atoms with Crippen LogP contribution in [-0.4, -0.2) is 106 Å². The van der Waals surface area contributed by atoms with Crippen LogP contribution >= 0.6 is 0 Å². The molecule has 0 spiro atoms. The Kier molecular flexibility index (Phi) is 14.2. The van der Waals surface area contributed by atoms with Gasteiger partial charge < -0.3 is 10.2 Å². The van der Waals surface area contributed by atoms with Gasteiger partial charge in [-0.2, -0.15) is 0 Å². The molecule has 13 heavy (non-hydrogen) atoms. The quantitative estimate of drug-likeness (QED) is 0.533. The van der Waals surface area contributed by atoms with Crippen LogP contribution in [0.25, 0.3) is 0 Å². The standard InChI is InChI=1S/C6H11NO4.2Na.2H/c1-4(6(10)11)7(2)3-5(8)9;;;;/h4H,3H2,1-2H3,(H,8,9)(H,10,11);;;;. The molecule has 7 heteroatoms. The molecule has 68 valence electrons. The van der Waals surface area contributed by atoms with Gasteiger partial charge in [0.2, 0.25) is 0 Å². The van der Waals surface area contributed by atoms with E-state index >= 15 is 0 Å². The van der Waals surface area contributed by atoms with Crippen LogP contribution in [0.5, 0.6) is 0 Å². The van der Waals surface area contributed by atoms with E-state index < -0.39 is 18.0 Å². The van der Waals surface area contributed by atoms with Crippen molar-refractivity contribution in [2.45, 2.75) is 13.0 Å². The van der Waals surface area contributed by atoms with E-state index in [1.807, 2.05) is 0 Å². The Balaban J connectivity index is -0.000000500. The SMILES string of the molecule is CC(C(=O)O)N(C)CC(=O)O.[NaH].[NaH]. The van der Waals surface area contributed by atoms with Crippen molar-refractivity contribution in [1.29, 1.82) is 0 Å². The summed E-state index contributed by atoms with van der Waals surface area (Å²) < 4.78 is 0. The van der Waals surface area contributed by atoms with Crippen molar-refractivity contribution >= 4 is 71.1 Å². The fourth-order valence-corrected chi connectivity index (χ4v) is 0.539. The fraction of sp³-hybridized carbons (Fsp3) is 0.667. The minimum absolute atomic E-state index is 0. The molecule has 1 atom stereocenters. The second-order valence-corrected chi connectivity index (χ2v) is 2.32. The first kappa shape index (κ1) is 19.5. The minimum atomic E-state index is -1.03. The van der Waals surface area contributed by atoms with Crippen molar-refractivity contribution in [1.82, 2.24) is 4.90 Å². The van der Waals surface area contributed by atoms with E-state index in [0.717, 1.165) is 0 Å². The van der Waals surface area contributed by atoms with Gasteiger partial charge in [0.1, 0.15) is 6.04 Å². The Morgan fingerprint density at radius 1 is 1.31 bits per heavy atom. The number of likely N-dealkylation sites (N-methyl/N-ethyl adjacent to an activating group) is 1. The van der Waals surface area contributed by atoms with E-state index in [0.29, 0.717) is 0 Å². The van der Waals surface area contributed by atoms with Gasteiger partial charge in [0.25, 0.3) is 0 Å². The summed E-state index contributed by atoms with van der Waals surface area (Å²) in [5, 5.41) is 16.7. The van der Waals surface area contributed by atoms with Gasteiger partial charge in [-0.15, -0.1) is 0 Å². The van der Waals surface area contributed by atoms with E-state index in [-0.39, 0.29) is 65.7 Å². The molecular formula is C6H13NNa2O4. The predicted molar refractivity (Wildman–Crippen MR) is 51.7 cm³/mol. The second kappa shape index (κ2) is 9.45. The predicted octanol–water partition coefficient (Wildman–Crippen LogP) is -1.82. The van der Waals surface area contributed by atoms with E-state index in [1.54, 1.807) is 0 Å². The van der Waals surface area contributed by atoms with Crippen molar-refractivity contribution < 1.29 is 19.8 Å². The Morgan fingerprint density at radius 2 is 1.69 bits per heavy atom. The first-order chi connectivity index (χ1) is 4.95. The van der Waals surface area contributed by atoms with Crippen molar-refractivity contribution in [3.63, 3.8) is 0 Å². The Labute approximate surface area is 121 Å². The molecule has 0 aromatic heterocycles. The Bertz CT molecular complexity index is 176. The molecule has 0 bridgehead atoms. The molecule has 1 unspecified atom stereocenters. The summed E-state index contributed by atoms with van der Waals surface area (Å²) in [6.45, 7) is 1.18. The fourth-order valence-electron chi connectivity index (χ4n) is 0.539. The van der Waals surface area contributed by atoms with Crippen LogP contribution in [0.15, 0.2) is 0 Å². The molecule has 0 aromatic carbocycles. The number of carboxylic acid groups (broad SMARTS) is 2. The normalized spacial score (nSPS) is 11.0. The van der Waals surface area contributed by atoms with Crippen LogP contribution in [0.3, 0.4) is 0 Å². The summed E-state index contributed by atoms with van der Waals surface area (Å²) in [4.78, 5) is 21.6. The van der Waals surface area contributed by atoms with Crippen LogP contribution in [0.2, 0.25) is 0 Å².